The summed E-state index contributed by atoms with van der Waals surface area (Å²) in [6.07, 6.45) is 2.22. The second-order valence-corrected chi connectivity index (χ2v) is 10.6. The summed E-state index contributed by atoms with van der Waals surface area (Å²) in [4.78, 5) is 27.7. The number of hydrogen-bond donors (Lipinski definition) is 2. The Morgan fingerprint density at radius 3 is 2.47 bits per heavy atom. The lowest BCUT2D eigenvalue weighted by molar-refractivity contribution is -0.144. The molecule has 0 spiro atoms. The van der Waals surface area contributed by atoms with Crippen LogP contribution in [-0.2, 0) is 26.0 Å². The SMILES string of the molecule is COc1ccc2c(c1)c([C@@H](C(=O)O)N1CCN([C@H]3CCS(=O)(=O)C3)CC1)cn2CC(=O)O. The first-order chi connectivity index (χ1) is 15.2. The number of methoxy groups -OCH3 is 1. The van der Waals surface area contributed by atoms with E-state index in [2.05, 4.69) is 4.90 Å². The standard InChI is InChI=1S/C21H27N3O7S/c1-31-15-2-3-18-16(10-15)17(11-24(18)12-19(25)26)20(21(27)28)23-7-5-22(6-8-23)14-4-9-32(29,30)13-14/h2-3,10-11,14,20H,4-9,12-13H2,1H3,(H,25,26)(H,27,28)/t14-,20-/m0/s1. The lowest BCUT2D eigenvalue weighted by Gasteiger charge is -2.40. The van der Waals surface area contributed by atoms with Gasteiger partial charge in [0.25, 0.3) is 0 Å². The van der Waals surface area contributed by atoms with E-state index in [0.29, 0.717) is 54.8 Å². The number of carbonyl (C=O) groups is 2. The molecule has 0 amide bonds. The van der Waals surface area contributed by atoms with Crippen molar-refractivity contribution < 1.29 is 33.0 Å². The van der Waals surface area contributed by atoms with Crippen LogP contribution < -0.4 is 4.74 Å². The molecule has 2 fully saturated rings. The van der Waals surface area contributed by atoms with Crippen LogP contribution in [0.5, 0.6) is 5.75 Å². The Balaban J connectivity index is 1.62. The maximum atomic E-state index is 12.4. The molecule has 2 atom stereocenters. The molecule has 4 rings (SSSR count). The van der Waals surface area contributed by atoms with Gasteiger partial charge in [0.05, 0.1) is 18.6 Å². The summed E-state index contributed by atoms with van der Waals surface area (Å²) < 4.78 is 30.5. The molecular formula is C21H27N3O7S. The molecule has 0 bridgehead atoms. The average molecular weight is 466 g/mol. The minimum atomic E-state index is -2.98. The van der Waals surface area contributed by atoms with Crippen molar-refractivity contribution in [1.82, 2.24) is 14.4 Å². The number of aromatic nitrogens is 1. The van der Waals surface area contributed by atoms with Crippen LogP contribution in [0.15, 0.2) is 24.4 Å². The van der Waals surface area contributed by atoms with Crippen molar-refractivity contribution in [2.75, 3.05) is 44.8 Å². The third kappa shape index (κ3) is 4.45. The van der Waals surface area contributed by atoms with Crippen molar-refractivity contribution >= 4 is 32.7 Å². The largest absolute Gasteiger partial charge is 0.497 e. The maximum absolute atomic E-state index is 12.4. The van der Waals surface area contributed by atoms with Crippen LogP contribution in [0, 0.1) is 0 Å². The first-order valence-electron chi connectivity index (χ1n) is 10.5. The maximum Gasteiger partial charge on any atom is 0.325 e. The highest BCUT2D eigenvalue weighted by Crippen LogP contribution is 2.34. The first-order valence-corrected chi connectivity index (χ1v) is 12.3. The van der Waals surface area contributed by atoms with Crippen LogP contribution >= 0.6 is 0 Å². The van der Waals surface area contributed by atoms with E-state index in [9.17, 15) is 28.2 Å². The van der Waals surface area contributed by atoms with Crippen molar-refractivity contribution in [3.05, 3.63) is 30.0 Å². The number of nitrogens with zero attached hydrogens (tertiary/aromatic N) is 3. The van der Waals surface area contributed by atoms with Gasteiger partial charge in [0, 0.05) is 54.9 Å². The van der Waals surface area contributed by atoms with E-state index in [1.54, 1.807) is 29.0 Å². The minimum Gasteiger partial charge on any atom is -0.497 e. The van der Waals surface area contributed by atoms with Crippen LogP contribution in [0.2, 0.25) is 0 Å². The van der Waals surface area contributed by atoms with Crippen molar-refractivity contribution in [3.8, 4) is 5.75 Å². The lowest BCUT2D eigenvalue weighted by Crippen LogP contribution is -2.52. The van der Waals surface area contributed by atoms with Gasteiger partial charge in [-0.05, 0) is 24.6 Å². The normalized spacial score (nSPS) is 22.7. The number of fused-ring (bicyclic) bond motifs is 1. The highest BCUT2D eigenvalue weighted by molar-refractivity contribution is 7.91. The van der Waals surface area contributed by atoms with E-state index in [0.717, 1.165) is 0 Å². The fourth-order valence-corrected chi connectivity index (χ4v) is 6.60. The monoisotopic (exact) mass is 465 g/mol. The van der Waals surface area contributed by atoms with Gasteiger partial charge in [-0.3, -0.25) is 19.4 Å². The van der Waals surface area contributed by atoms with Crippen LogP contribution in [0.1, 0.15) is 18.0 Å². The Hall–Kier alpha value is -2.63. The first kappa shape index (κ1) is 22.6. The third-order valence-electron chi connectivity index (χ3n) is 6.39. The van der Waals surface area contributed by atoms with Crippen molar-refractivity contribution in [1.29, 1.82) is 0 Å². The number of carboxylic acid groups (broad SMARTS) is 2. The summed E-state index contributed by atoms with van der Waals surface area (Å²) in [7, 11) is -1.46. The van der Waals surface area contributed by atoms with Crippen LogP contribution in [0.3, 0.4) is 0 Å². The Kier molecular flexibility index (Phi) is 6.15. The molecule has 0 aliphatic carbocycles. The highest BCUT2D eigenvalue weighted by atomic mass is 32.2. The smallest absolute Gasteiger partial charge is 0.325 e. The summed E-state index contributed by atoms with van der Waals surface area (Å²) in [5.41, 5.74) is 1.15. The number of carboxylic acids is 2. The predicted molar refractivity (Wildman–Crippen MR) is 117 cm³/mol. The quantitative estimate of drug-likeness (QED) is 0.606. The second kappa shape index (κ2) is 8.72. The van der Waals surface area contributed by atoms with Crippen LogP contribution in [0.4, 0.5) is 0 Å². The van der Waals surface area contributed by atoms with Gasteiger partial charge in [-0.2, -0.15) is 0 Å². The molecule has 1 aromatic carbocycles. The second-order valence-electron chi connectivity index (χ2n) is 8.36. The Bertz CT molecular complexity index is 1140. The van der Waals surface area contributed by atoms with E-state index in [1.807, 2.05) is 4.90 Å². The Morgan fingerprint density at radius 2 is 1.91 bits per heavy atom. The summed E-state index contributed by atoms with van der Waals surface area (Å²) in [5, 5.41) is 20.0. The van der Waals surface area contributed by atoms with Gasteiger partial charge in [-0.25, -0.2) is 8.42 Å². The molecule has 2 aliphatic rings. The van der Waals surface area contributed by atoms with E-state index >= 15 is 0 Å². The average Bonchev–Trinajstić information content (AvgIpc) is 3.27. The van der Waals surface area contributed by atoms with Crippen molar-refractivity contribution in [3.63, 3.8) is 0 Å². The fraction of sp³-hybridized carbons (Fsp3) is 0.524. The molecule has 1 aromatic heterocycles. The van der Waals surface area contributed by atoms with Gasteiger partial charge in [-0.1, -0.05) is 0 Å². The Labute approximate surface area is 185 Å². The molecule has 32 heavy (non-hydrogen) atoms. The van der Waals surface area contributed by atoms with Crippen molar-refractivity contribution in [2.45, 2.75) is 25.0 Å². The lowest BCUT2D eigenvalue weighted by atomic mass is 10.0. The summed E-state index contributed by atoms with van der Waals surface area (Å²) in [6.45, 7) is 1.84. The number of piperazine rings is 1. The zero-order valence-corrected chi connectivity index (χ0v) is 18.6. The molecule has 2 N–H and O–H groups in total. The van der Waals surface area contributed by atoms with E-state index in [-0.39, 0.29) is 24.1 Å². The van der Waals surface area contributed by atoms with E-state index in [4.69, 9.17) is 4.74 Å². The number of ether oxygens (including phenoxy) is 1. The number of benzene rings is 1. The van der Waals surface area contributed by atoms with E-state index < -0.39 is 27.8 Å². The molecule has 2 saturated heterocycles. The van der Waals surface area contributed by atoms with Gasteiger partial charge in [0.15, 0.2) is 9.84 Å². The van der Waals surface area contributed by atoms with Crippen LogP contribution in [0.25, 0.3) is 10.9 Å². The molecule has 0 unspecified atom stereocenters. The number of rotatable bonds is 7. The molecule has 3 heterocycles. The van der Waals surface area contributed by atoms with Crippen LogP contribution in [-0.4, -0.2) is 95.8 Å². The van der Waals surface area contributed by atoms with Gasteiger partial charge >= 0.3 is 11.9 Å². The van der Waals surface area contributed by atoms with Crippen molar-refractivity contribution in [2.24, 2.45) is 0 Å². The minimum absolute atomic E-state index is 0.00725. The molecule has 11 heteroatoms. The third-order valence-corrected chi connectivity index (χ3v) is 8.14. The Morgan fingerprint density at radius 1 is 1.19 bits per heavy atom. The molecule has 2 aliphatic heterocycles. The van der Waals surface area contributed by atoms with Gasteiger partial charge in [-0.15, -0.1) is 0 Å². The van der Waals surface area contributed by atoms with Gasteiger partial charge < -0.3 is 19.5 Å². The van der Waals surface area contributed by atoms with Gasteiger partial charge in [0.2, 0.25) is 0 Å². The van der Waals surface area contributed by atoms with Gasteiger partial charge in [0.1, 0.15) is 18.3 Å². The molecule has 0 radical (unpaired) electrons. The molecular weight excluding hydrogens is 438 g/mol. The molecule has 2 aromatic rings. The topological polar surface area (TPSA) is 129 Å². The number of sulfone groups is 1. The summed E-state index contributed by atoms with van der Waals surface area (Å²) in [6, 6.07) is 4.23. The van der Waals surface area contributed by atoms with E-state index in [1.165, 1.54) is 7.11 Å². The zero-order chi connectivity index (χ0) is 23.0. The summed E-state index contributed by atoms with van der Waals surface area (Å²) >= 11 is 0. The fourth-order valence-electron chi connectivity index (χ4n) is 4.84. The number of hydrogen-bond acceptors (Lipinski definition) is 7. The molecule has 174 valence electrons. The summed E-state index contributed by atoms with van der Waals surface area (Å²) in [5.74, 6) is -1.10. The molecule has 10 nitrogen and oxygen atoms in total. The zero-order valence-electron chi connectivity index (χ0n) is 17.8. The highest BCUT2D eigenvalue weighted by Gasteiger charge is 2.37. The predicted octanol–water partition coefficient (Wildman–Crippen LogP) is 0.665. The number of aliphatic carboxylic acids is 2. The molecule has 0 saturated carbocycles.